The predicted molar refractivity (Wildman–Crippen MR) is 104 cm³/mol. The van der Waals surface area contributed by atoms with Gasteiger partial charge in [-0.05, 0) is 64.2 Å². The number of anilines is 1. The molecule has 2 N–H and O–H groups in total. The molecule has 30 heavy (non-hydrogen) atoms. The van der Waals surface area contributed by atoms with E-state index in [1.165, 1.54) is 19.9 Å². The van der Waals surface area contributed by atoms with E-state index >= 15 is 0 Å². The second kappa shape index (κ2) is 6.67. The number of imidazole rings is 1. The van der Waals surface area contributed by atoms with Crippen LogP contribution in [0.25, 0.3) is 11.0 Å². The summed E-state index contributed by atoms with van der Waals surface area (Å²) in [5.74, 6) is -6.22. The molecule has 2 aliphatic carbocycles. The van der Waals surface area contributed by atoms with Crippen molar-refractivity contribution in [1.29, 1.82) is 0 Å². The van der Waals surface area contributed by atoms with E-state index in [1.807, 2.05) is 0 Å². The first-order chi connectivity index (χ1) is 13.8. The molecule has 2 aliphatic rings. The van der Waals surface area contributed by atoms with Crippen LogP contribution in [0.3, 0.4) is 0 Å². The maximum Gasteiger partial charge on any atom is 0.284 e. The normalized spacial score (nSPS) is 26.3. The summed E-state index contributed by atoms with van der Waals surface area (Å²) >= 11 is 0. The Morgan fingerprint density at radius 1 is 1.33 bits per heavy atom. The Morgan fingerprint density at radius 2 is 2.00 bits per heavy atom. The zero-order chi connectivity index (χ0) is 22.1. The molecule has 2 aromatic rings. The fourth-order valence-corrected chi connectivity index (χ4v) is 4.23. The van der Waals surface area contributed by atoms with Crippen LogP contribution in [-0.4, -0.2) is 32.2 Å². The lowest BCUT2D eigenvalue weighted by Crippen LogP contribution is -2.60. The maximum atomic E-state index is 14.7. The number of alkyl halides is 3. The molecule has 164 valence electrons. The van der Waals surface area contributed by atoms with Gasteiger partial charge in [0.15, 0.2) is 11.5 Å². The van der Waals surface area contributed by atoms with Gasteiger partial charge in [-0.25, -0.2) is 22.5 Å². The Balaban J connectivity index is 1.65. The molecule has 9 heteroatoms. The zero-order valence-corrected chi connectivity index (χ0v) is 17.1. The number of carbonyl (C=O) groups excluding carboxylic acids is 1. The number of halogens is 4. The van der Waals surface area contributed by atoms with Gasteiger partial charge in [-0.1, -0.05) is 0 Å². The third-order valence-corrected chi connectivity index (χ3v) is 6.42. The molecule has 0 aliphatic heterocycles. The smallest absolute Gasteiger partial charge is 0.284 e. The molecule has 0 spiro atoms. The van der Waals surface area contributed by atoms with Crippen molar-refractivity contribution in [2.45, 2.75) is 76.1 Å². The Kier molecular flexibility index (Phi) is 4.69. The highest BCUT2D eigenvalue weighted by Crippen LogP contribution is 2.55. The Labute approximate surface area is 171 Å². The van der Waals surface area contributed by atoms with Gasteiger partial charge in [-0.2, -0.15) is 0 Å². The number of nitrogens with zero attached hydrogens (tertiary/aromatic N) is 2. The molecular formula is C21H25F4N3O2. The number of fused-ring (bicyclic) bond motifs is 1. The predicted octanol–water partition coefficient (Wildman–Crippen LogP) is 4.84. The lowest BCUT2D eigenvalue weighted by atomic mass is 9.67. The van der Waals surface area contributed by atoms with Gasteiger partial charge in [0.05, 0.1) is 11.1 Å². The molecule has 0 saturated heterocycles. The minimum Gasteiger partial charge on any atom is -0.386 e. The second-order valence-corrected chi connectivity index (χ2v) is 9.25. The molecule has 4 rings (SSSR count). The fourth-order valence-electron chi connectivity index (χ4n) is 4.23. The number of benzene rings is 1. The van der Waals surface area contributed by atoms with Crippen LogP contribution in [0, 0.1) is 11.7 Å². The number of amides is 1. The fraction of sp³-hybridized carbons (Fsp3) is 0.619. The topological polar surface area (TPSA) is 67.2 Å². The van der Waals surface area contributed by atoms with Gasteiger partial charge in [-0.3, -0.25) is 10.1 Å². The van der Waals surface area contributed by atoms with Gasteiger partial charge >= 0.3 is 0 Å². The summed E-state index contributed by atoms with van der Waals surface area (Å²) in [6.45, 7) is 3.91. The first-order valence-corrected chi connectivity index (χ1v) is 10.1. The van der Waals surface area contributed by atoms with Gasteiger partial charge in [0.25, 0.3) is 5.92 Å². The summed E-state index contributed by atoms with van der Waals surface area (Å²) in [5, 5.41) is 12.8. The van der Waals surface area contributed by atoms with Gasteiger partial charge in [0, 0.05) is 18.4 Å². The van der Waals surface area contributed by atoms with E-state index in [1.54, 1.807) is 10.6 Å². The summed E-state index contributed by atoms with van der Waals surface area (Å²) in [4.78, 5) is 16.6. The first kappa shape index (κ1) is 21.1. The molecule has 5 nitrogen and oxygen atoms in total. The van der Waals surface area contributed by atoms with Crippen LogP contribution in [0.5, 0.6) is 0 Å². The Morgan fingerprint density at radius 3 is 2.50 bits per heavy atom. The van der Waals surface area contributed by atoms with Crippen LogP contribution in [0.15, 0.2) is 12.1 Å². The molecule has 0 radical (unpaired) electrons. The Hall–Kier alpha value is -2.16. The van der Waals surface area contributed by atoms with Crippen LogP contribution in [-0.2, 0) is 10.4 Å². The van der Waals surface area contributed by atoms with Gasteiger partial charge in [-0.15, -0.1) is 0 Å². The highest BCUT2D eigenvalue weighted by Gasteiger charge is 2.67. The van der Waals surface area contributed by atoms with Crippen molar-refractivity contribution in [2.24, 2.45) is 5.92 Å². The first-order valence-electron chi connectivity index (χ1n) is 10.1. The number of aliphatic hydroxyl groups is 1. The van der Waals surface area contributed by atoms with Crippen molar-refractivity contribution in [3.8, 4) is 0 Å². The van der Waals surface area contributed by atoms with E-state index in [0.29, 0.717) is 11.1 Å². The van der Waals surface area contributed by atoms with E-state index in [0.717, 1.165) is 26.2 Å². The van der Waals surface area contributed by atoms with Crippen molar-refractivity contribution in [3.63, 3.8) is 0 Å². The van der Waals surface area contributed by atoms with Crippen LogP contribution < -0.4 is 5.32 Å². The number of rotatable bonds is 5. The monoisotopic (exact) mass is 427 g/mol. The SMILES string of the molecule is CC(C)(O)c1cc(F)c2nc(NC(=O)CC3CC(C)(F)C3(F)F)n(C3CCC3)c2c1. The third kappa shape index (κ3) is 3.27. The number of hydrogen-bond acceptors (Lipinski definition) is 3. The molecule has 1 amide bonds. The largest absolute Gasteiger partial charge is 0.386 e. The number of aromatic nitrogens is 2. The number of nitrogens with one attached hydrogen (secondary N) is 1. The van der Waals surface area contributed by atoms with E-state index in [2.05, 4.69) is 10.3 Å². The van der Waals surface area contributed by atoms with Crippen molar-refractivity contribution in [1.82, 2.24) is 9.55 Å². The summed E-state index contributed by atoms with van der Waals surface area (Å²) in [5.41, 5.74) is -3.05. The molecule has 2 unspecified atom stereocenters. The van der Waals surface area contributed by atoms with Crippen molar-refractivity contribution in [3.05, 3.63) is 23.5 Å². The van der Waals surface area contributed by atoms with Crippen LogP contribution >= 0.6 is 0 Å². The summed E-state index contributed by atoms with van der Waals surface area (Å²) in [6.07, 6.45) is 1.65. The molecule has 1 aromatic heterocycles. The number of hydrogen-bond donors (Lipinski definition) is 2. The van der Waals surface area contributed by atoms with E-state index in [4.69, 9.17) is 0 Å². The standard InChI is InChI=1S/C21H25F4N3O2/c1-19(2,30)11-7-14(22)17-15(8-11)28(13-5-4-6-13)18(27-17)26-16(29)9-12-10-20(3,23)21(12,24)25/h7-8,12-13,30H,4-6,9-10H2,1-3H3,(H,26,27,29). The molecular weight excluding hydrogens is 402 g/mol. The highest BCUT2D eigenvalue weighted by molar-refractivity contribution is 5.92. The van der Waals surface area contributed by atoms with Crippen molar-refractivity contribution in [2.75, 3.05) is 5.32 Å². The summed E-state index contributed by atoms with van der Waals surface area (Å²) < 4.78 is 57.9. The average molecular weight is 427 g/mol. The van der Waals surface area contributed by atoms with Crippen LogP contribution in [0.2, 0.25) is 0 Å². The van der Waals surface area contributed by atoms with Crippen LogP contribution in [0.4, 0.5) is 23.5 Å². The number of carbonyl (C=O) groups is 1. The summed E-state index contributed by atoms with van der Waals surface area (Å²) in [6, 6.07) is 2.82. The molecule has 0 bridgehead atoms. The second-order valence-electron chi connectivity index (χ2n) is 9.25. The highest BCUT2D eigenvalue weighted by atomic mass is 19.3. The van der Waals surface area contributed by atoms with Crippen LogP contribution in [0.1, 0.15) is 64.5 Å². The molecule has 2 saturated carbocycles. The maximum absolute atomic E-state index is 14.7. The minimum absolute atomic E-state index is 0.0129. The molecule has 2 fully saturated rings. The molecule has 1 heterocycles. The summed E-state index contributed by atoms with van der Waals surface area (Å²) in [7, 11) is 0. The molecule has 1 aromatic carbocycles. The van der Waals surface area contributed by atoms with E-state index < -0.39 is 47.7 Å². The lowest BCUT2D eigenvalue weighted by Gasteiger charge is -2.47. The average Bonchev–Trinajstić information content (AvgIpc) is 2.91. The molecule has 2 atom stereocenters. The Bertz CT molecular complexity index is 1010. The van der Waals surface area contributed by atoms with Crippen molar-refractivity contribution >= 4 is 22.9 Å². The van der Waals surface area contributed by atoms with Gasteiger partial charge < -0.3 is 9.67 Å². The van der Waals surface area contributed by atoms with E-state index in [9.17, 15) is 27.5 Å². The third-order valence-electron chi connectivity index (χ3n) is 6.42. The van der Waals surface area contributed by atoms with Crippen molar-refractivity contribution < 1.29 is 27.5 Å². The lowest BCUT2D eigenvalue weighted by molar-refractivity contribution is -0.248. The quantitative estimate of drug-likeness (QED) is 0.671. The van der Waals surface area contributed by atoms with E-state index in [-0.39, 0.29) is 17.5 Å². The zero-order valence-electron chi connectivity index (χ0n) is 17.1. The van der Waals surface area contributed by atoms with Gasteiger partial charge in [0.1, 0.15) is 5.52 Å². The minimum atomic E-state index is -3.56. The van der Waals surface area contributed by atoms with Gasteiger partial charge in [0.2, 0.25) is 11.9 Å².